The maximum absolute atomic E-state index is 12.3. The highest BCUT2D eigenvalue weighted by Gasteiger charge is 2.23. The normalized spacial score (nSPS) is 18.4. The second-order valence-corrected chi connectivity index (χ2v) is 6.66. The molecule has 0 aromatic heterocycles. The number of piperidine rings is 1. The van der Waals surface area contributed by atoms with Crippen molar-refractivity contribution in [2.24, 2.45) is 5.73 Å². The van der Waals surface area contributed by atoms with Gasteiger partial charge in [-0.3, -0.25) is 0 Å². The van der Waals surface area contributed by atoms with Gasteiger partial charge in [-0.15, -0.1) is 0 Å². The van der Waals surface area contributed by atoms with E-state index in [0.29, 0.717) is 22.0 Å². The minimum absolute atomic E-state index is 0.0194. The van der Waals surface area contributed by atoms with Gasteiger partial charge in [0.05, 0.1) is 11.3 Å². The van der Waals surface area contributed by atoms with E-state index in [2.05, 4.69) is 37.2 Å². The van der Waals surface area contributed by atoms with E-state index in [1.165, 1.54) is 6.07 Å². The molecule has 4 N–H and O–H groups in total. The first-order valence-corrected chi connectivity index (χ1v) is 8.01. The van der Waals surface area contributed by atoms with Crippen LogP contribution in [0.1, 0.15) is 23.2 Å². The van der Waals surface area contributed by atoms with Crippen LogP contribution in [0.2, 0.25) is 0 Å². The zero-order valence-corrected chi connectivity index (χ0v) is 14.3. The molecule has 1 aromatic rings. The predicted octanol–water partition coefficient (Wildman–Crippen LogP) is 2.86. The van der Waals surface area contributed by atoms with Crippen molar-refractivity contribution in [1.29, 1.82) is 0 Å². The van der Waals surface area contributed by atoms with E-state index in [-0.39, 0.29) is 23.3 Å². The maximum atomic E-state index is 12.3. The van der Waals surface area contributed by atoms with E-state index >= 15 is 0 Å². The molecule has 1 atom stereocenters. The quantitative estimate of drug-likeness (QED) is 0.685. The molecular weight excluding hydrogens is 406 g/mol. The van der Waals surface area contributed by atoms with Crippen molar-refractivity contribution in [1.82, 2.24) is 4.90 Å². The molecule has 1 unspecified atom stereocenters. The van der Waals surface area contributed by atoms with Gasteiger partial charge in [0.2, 0.25) is 0 Å². The third kappa shape index (κ3) is 3.96. The number of nitrogens with one attached hydrogen (secondary N) is 1. The first-order valence-electron chi connectivity index (χ1n) is 6.42. The highest BCUT2D eigenvalue weighted by molar-refractivity contribution is 9.11. The third-order valence-corrected chi connectivity index (χ3v) is 4.35. The van der Waals surface area contributed by atoms with Crippen molar-refractivity contribution in [3.05, 3.63) is 26.6 Å². The lowest BCUT2D eigenvalue weighted by Gasteiger charge is -2.31. The summed E-state index contributed by atoms with van der Waals surface area (Å²) in [5, 5.41) is 11.9. The van der Waals surface area contributed by atoms with E-state index in [9.17, 15) is 14.7 Å². The molecule has 21 heavy (non-hydrogen) atoms. The first-order chi connectivity index (χ1) is 9.88. The van der Waals surface area contributed by atoms with Crippen LogP contribution < -0.4 is 11.1 Å². The van der Waals surface area contributed by atoms with Crippen LogP contribution in [0.3, 0.4) is 0 Å². The lowest BCUT2D eigenvalue weighted by atomic mass is 10.1. The summed E-state index contributed by atoms with van der Waals surface area (Å²) >= 11 is 6.51. The Morgan fingerprint density at radius 3 is 2.71 bits per heavy atom. The Kier molecular flexibility index (Phi) is 5.23. The van der Waals surface area contributed by atoms with Crippen molar-refractivity contribution in [3.8, 4) is 0 Å². The van der Waals surface area contributed by atoms with Crippen molar-refractivity contribution in [2.45, 2.75) is 18.9 Å². The van der Waals surface area contributed by atoms with Gasteiger partial charge in [0.25, 0.3) is 0 Å². The fourth-order valence-corrected chi connectivity index (χ4v) is 3.57. The highest BCUT2D eigenvalue weighted by atomic mass is 79.9. The van der Waals surface area contributed by atoms with Crippen molar-refractivity contribution in [3.63, 3.8) is 0 Å². The van der Waals surface area contributed by atoms with E-state index in [1.807, 2.05) is 0 Å². The number of carbonyl (C=O) groups excluding carboxylic acids is 1. The number of carboxylic acids is 1. The van der Waals surface area contributed by atoms with E-state index in [1.54, 1.807) is 11.0 Å². The fourth-order valence-electron chi connectivity index (χ4n) is 2.25. The standard InChI is InChI=1S/C13H15Br2N3O3/c14-7-4-9(12(19)20)11(10(15)5-7)17-13(21)18-3-1-2-8(16)6-18/h4-5,8H,1-3,6,16H2,(H,17,21)(H,19,20). The number of halogens is 2. The molecule has 114 valence electrons. The first kappa shape index (κ1) is 16.3. The Bertz CT molecular complexity index is 580. The molecule has 1 aliphatic rings. The number of urea groups is 1. The monoisotopic (exact) mass is 419 g/mol. The average molecular weight is 421 g/mol. The number of hydrogen-bond acceptors (Lipinski definition) is 3. The number of benzene rings is 1. The molecular formula is C13H15Br2N3O3. The second kappa shape index (κ2) is 6.76. The van der Waals surface area contributed by atoms with E-state index in [4.69, 9.17) is 5.73 Å². The van der Waals surface area contributed by atoms with Gasteiger partial charge in [0.1, 0.15) is 0 Å². The van der Waals surface area contributed by atoms with Gasteiger partial charge in [-0.1, -0.05) is 15.9 Å². The van der Waals surface area contributed by atoms with E-state index < -0.39 is 5.97 Å². The molecule has 2 rings (SSSR count). The Hall–Kier alpha value is -1.12. The molecule has 8 heteroatoms. The van der Waals surface area contributed by atoms with Gasteiger partial charge in [-0.2, -0.15) is 0 Å². The van der Waals surface area contributed by atoms with Crippen LogP contribution in [0.4, 0.5) is 10.5 Å². The number of anilines is 1. The fraction of sp³-hybridized carbons (Fsp3) is 0.385. The Morgan fingerprint density at radius 2 is 2.10 bits per heavy atom. The molecule has 1 heterocycles. The summed E-state index contributed by atoms with van der Waals surface area (Å²) in [7, 11) is 0. The number of likely N-dealkylation sites (tertiary alicyclic amines) is 1. The van der Waals surface area contributed by atoms with Crippen LogP contribution in [-0.4, -0.2) is 41.1 Å². The number of nitrogens with two attached hydrogens (primary N) is 1. The van der Waals surface area contributed by atoms with Gasteiger partial charge in [-0.25, -0.2) is 9.59 Å². The van der Waals surface area contributed by atoms with Gasteiger partial charge >= 0.3 is 12.0 Å². The Balaban J connectivity index is 2.22. The number of nitrogens with zero attached hydrogens (tertiary/aromatic N) is 1. The highest BCUT2D eigenvalue weighted by Crippen LogP contribution is 2.31. The number of amides is 2. The topological polar surface area (TPSA) is 95.7 Å². The summed E-state index contributed by atoms with van der Waals surface area (Å²) < 4.78 is 1.12. The van der Waals surface area contributed by atoms with Crippen LogP contribution in [0.25, 0.3) is 0 Å². The van der Waals surface area contributed by atoms with Crippen LogP contribution in [0.5, 0.6) is 0 Å². The largest absolute Gasteiger partial charge is 0.478 e. The third-order valence-electron chi connectivity index (χ3n) is 3.26. The van der Waals surface area contributed by atoms with Gasteiger partial charge in [0, 0.05) is 28.1 Å². The molecule has 6 nitrogen and oxygen atoms in total. The molecule has 1 aliphatic heterocycles. The number of rotatable bonds is 2. The minimum Gasteiger partial charge on any atom is -0.478 e. The Morgan fingerprint density at radius 1 is 1.38 bits per heavy atom. The lowest BCUT2D eigenvalue weighted by Crippen LogP contribution is -2.47. The molecule has 0 radical (unpaired) electrons. The average Bonchev–Trinajstić information content (AvgIpc) is 2.41. The molecule has 0 bridgehead atoms. The summed E-state index contributed by atoms with van der Waals surface area (Å²) in [4.78, 5) is 25.2. The Labute approximate surface area is 138 Å². The minimum atomic E-state index is -1.11. The van der Waals surface area contributed by atoms with Crippen molar-refractivity contribution < 1.29 is 14.7 Å². The summed E-state index contributed by atoms with van der Waals surface area (Å²) in [6.07, 6.45) is 1.74. The number of carbonyl (C=O) groups is 2. The van der Waals surface area contributed by atoms with Crippen LogP contribution >= 0.6 is 31.9 Å². The number of hydrogen-bond donors (Lipinski definition) is 3. The summed E-state index contributed by atoms with van der Waals surface area (Å²) in [6.45, 7) is 1.10. The maximum Gasteiger partial charge on any atom is 0.337 e. The van der Waals surface area contributed by atoms with Crippen molar-refractivity contribution in [2.75, 3.05) is 18.4 Å². The second-order valence-electron chi connectivity index (χ2n) is 4.89. The lowest BCUT2D eigenvalue weighted by molar-refractivity contribution is 0.0698. The predicted molar refractivity (Wildman–Crippen MR) is 86.6 cm³/mol. The van der Waals surface area contributed by atoms with Gasteiger partial charge in [0.15, 0.2) is 0 Å². The molecule has 0 saturated carbocycles. The molecule has 1 aromatic carbocycles. The van der Waals surface area contributed by atoms with Crippen LogP contribution in [0.15, 0.2) is 21.1 Å². The molecule has 0 spiro atoms. The van der Waals surface area contributed by atoms with Gasteiger partial charge < -0.3 is 21.1 Å². The van der Waals surface area contributed by atoms with Crippen molar-refractivity contribution >= 4 is 49.5 Å². The zero-order valence-electron chi connectivity index (χ0n) is 11.1. The molecule has 1 fully saturated rings. The van der Waals surface area contributed by atoms with Gasteiger partial charge in [-0.05, 0) is 40.9 Å². The smallest absolute Gasteiger partial charge is 0.337 e. The summed E-state index contributed by atoms with van der Waals surface area (Å²) in [6, 6.07) is 2.77. The number of aromatic carboxylic acids is 1. The zero-order chi connectivity index (χ0) is 15.6. The van der Waals surface area contributed by atoms with Crippen LogP contribution in [0, 0.1) is 0 Å². The van der Waals surface area contributed by atoms with E-state index in [0.717, 1.165) is 12.8 Å². The molecule has 2 amide bonds. The van der Waals surface area contributed by atoms with Crippen LogP contribution in [-0.2, 0) is 0 Å². The summed E-state index contributed by atoms with van der Waals surface area (Å²) in [5.41, 5.74) is 6.12. The SMILES string of the molecule is NC1CCCN(C(=O)Nc2c(Br)cc(Br)cc2C(=O)O)C1. The molecule has 1 saturated heterocycles. The summed E-state index contributed by atoms with van der Waals surface area (Å²) in [5.74, 6) is -1.11. The number of carboxylic acid groups (broad SMARTS) is 1. The molecule has 0 aliphatic carbocycles.